The Labute approximate surface area is 344 Å². The summed E-state index contributed by atoms with van der Waals surface area (Å²) >= 11 is 1.55. The van der Waals surface area contributed by atoms with Gasteiger partial charge in [-0.1, -0.05) is 91.9 Å². The molecule has 3 aliphatic rings. The van der Waals surface area contributed by atoms with E-state index < -0.39 is 34.3 Å². The van der Waals surface area contributed by atoms with E-state index in [0.29, 0.717) is 25.3 Å². The maximum Gasteiger partial charge on any atom is 0.356 e. The first kappa shape index (κ1) is 41.5. The molecule has 2 fully saturated rings. The van der Waals surface area contributed by atoms with Gasteiger partial charge in [0.2, 0.25) is 5.91 Å². The number of carbonyl (C=O) groups is 2. The fourth-order valence-electron chi connectivity index (χ4n) is 8.17. The van der Waals surface area contributed by atoms with Crippen molar-refractivity contribution in [1.82, 2.24) is 19.2 Å². The molecule has 0 aromatic heterocycles. The summed E-state index contributed by atoms with van der Waals surface area (Å²) < 4.78 is 48.8. The van der Waals surface area contributed by atoms with Gasteiger partial charge in [0.25, 0.3) is 10.2 Å². The molecule has 14 heteroatoms. The highest BCUT2D eigenvalue weighted by Gasteiger charge is 2.60. The van der Waals surface area contributed by atoms with Crippen molar-refractivity contribution in [1.29, 1.82) is 0 Å². The van der Waals surface area contributed by atoms with Gasteiger partial charge in [-0.15, -0.1) is 11.8 Å². The van der Waals surface area contributed by atoms with Gasteiger partial charge in [0, 0.05) is 48.3 Å². The van der Waals surface area contributed by atoms with E-state index in [9.17, 15) is 23.1 Å². The zero-order valence-corrected chi connectivity index (χ0v) is 34.6. The number of hydrogen-bond donors (Lipinski definition) is 3. The molecule has 12 nitrogen and oxygen atoms in total. The number of β-lactam (4-membered cyclic amide) rings is 1. The zero-order chi connectivity index (χ0) is 41.0. The number of likely N-dealkylation sites (tertiary alicyclic amines) is 1. The number of benzene rings is 4. The molecule has 0 unspecified atom stereocenters. The van der Waals surface area contributed by atoms with Crippen LogP contribution in [0.4, 0.5) is 0 Å². The van der Waals surface area contributed by atoms with Crippen molar-refractivity contribution >= 4 is 33.8 Å². The maximum atomic E-state index is 14.5. The molecule has 0 spiro atoms. The Bertz CT molecular complexity index is 2150. The smallest absolute Gasteiger partial charge is 0.356 e. The third kappa shape index (κ3) is 9.12. The van der Waals surface area contributed by atoms with E-state index >= 15 is 0 Å². The van der Waals surface area contributed by atoms with E-state index in [-0.39, 0.29) is 47.9 Å². The maximum absolute atomic E-state index is 14.5. The third-order valence-electron chi connectivity index (χ3n) is 11.2. The minimum absolute atomic E-state index is 0.0573. The van der Waals surface area contributed by atoms with Crippen molar-refractivity contribution in [3.05, 3.63) is 142 Å². The number of fused-ring (bicyclic) bond motifs is 1. The molecule has 3 aliphatic heterocycles. The third-order valence-corrected chi connectivity index (χ3v) is 13.8. The first-order valence-corrected chi connectivity index (χ1v) is 21.8. The molecule has 306 valence electrons. The Balaban J connectivity index is 1.14. The second-order valence-electron chi connectivity index (χ2n) is 15.0. The number of aliphatic hydroxyl groups is 1. The molecule has 0 aliphatic carbocycles. The van der Waals surface area contributed by atoms with Crippen LogP contribution in [0.3, 0.4) is 0 Å². The molecule has 0 radical (unpaired) electrons. The summed E-state index contributed by atoms with van der Waals surface area (Å²) in [5.74, 6) is -0.363. The molecule has 3 heterocycles. The van der Waals surface area contributed by atoms with Crippen LogP contribution in [0.25, 0.3) is 0 Å². The minimum Gasteiger partial charge on any atom is -0.497 e. The second kappa shape index (κ2) is 18.1. The van der Waals surface area contributed by atoms with Crippen LogP contribution < -0.4 is 18.9 Å². The molecule has 7 rings (SSSR count). The molecular weight excluding hydrogens is 777 g/mol. The average molecular weight is 827 g/mol. The standard InChI is InChI=1S/C44H50N4O8S2/c1-28-39-38(29(2)49)43(50)48(39)40(44(51)56-41(32-11-7-5-8-12-32)33-13-9-6-10-14-33)42(28)57-37-23-34(47(27-37)26-31-17-21-36(55-4)22-18-31)25-46-58(52,53)45-24-30-15-19-35(54-3)20-16-30/h5-22,28-29,34,37-39,41,45-46,49H,23-27H2,1-4H3/t28-,29-,34+,37+,38-,39-/m1/s1. The topological polar surface area (TPSA) is 147 Å². The molecule has 4 aromatic rings. The highest BCUT2D eigenvalue weighted by Crippen LogP contribution is 2.53. The van der Waals surface area contributed by atoms with Crippen molar-refractivity contribution in [2.75, 3.05) is 27.3 Å². The number of hydrogen-bond acceptors (Lipinski definition) is 10. The lowest BCUT2D eigenvalue weighted by atomic mass is 9.79. The summed E-state index contributed by atoms with van der Waals surface area (Å²) in [6.45, 7) is 5.03. The van der Waals surface area contributed by atoms with Crippen LogP contribution in [0.5, 0.6) is 11.5 Å². The van der Waals surface area contributed by atoms with Crippen molar-refractivity contribution in [2.45, 2.75) is 62.9 Å². The Morgan fingerprint density at radius 2 is 1.43 bits per heavy atom. The fraction of sp³-hybridized carbons (Fsp3) is 0.364. The van der Waals surface area contributed by atoms with Crippen molar-refractivity contribution < 1.29 is 37.3 Å². The lowest BCUT2D eigenvalue weighted by Gasteiger charge is -2.46. The number of thioether (sulfide) groups is 1. The average Bonchev–Trinajstić information content (AvgIpc) is 3.73. The lowest BCUT2D eigenvalue weighted by molar-refractivity contribution is -0.165. The summed E-state index contributed by atoms with van der Waals surface area (Å²) in [7, 11) is -0.664. The van der Waals surface area contributed by atoms with Crippen LogP contribution in [0, 0.1) is 11.8 Å². The number of amides is 1. The number of nitrogens with zero attached hydrogens (tertiary/aromatic N) is 2. The summed E-state index contributed by atoms with van der Waals surface area (Å²) in [4.78, 5) is 32.7. The van der Waals surface area contributed by atoms with Crippen molar-refractivity contribution in [3.63, 3.8) is 0 Å². The normalized spacial score (nSPS) is 22.5. The van der Waals surface area contributed by atoms with Gasteiger partial charge < -0.3 is 24.2 Å². The Hall–Kier alpha value is -4.70. The van der Waals surface area contributed by atoms with E-state index in [1.54, 1.807) is 45.0 Å². The molecule has 1 amide bonds. The summed E-state index contributed by atoms with van der Waals surface area (Å²) in [5.41, 5.74) is 3.64. The van der Waals surface area contributed by atoms with E-state index in [2.05, 4.69) is 14.3 Å². The summed E-state index contributed by atoms with van der Waals surface area (Å²) in [5, 5.41) is 10.6. The number of rotatable bonds is 17. The van der Waals surface area contributed by atoms with Crippen LogP contribution in [0.2, 0.25) is 0 Å². The van der Waals surface area contributed by atoms with Gasteiger partial charge in [0.15, 0.2) is 6.10 Å². The van der Waals surface area contributed by atoms with Gasteiger partial charge in [-0.05, 0) is 59.9 Å². The summed E-state index contributed by atoms with van der Waals surface area (Å²) in [6, 6.07) is 33.4. The molecule has 4 aromatic carbocycles. The molecule has 6 atom stereocenters. The highest BCUT2D eigenvalue weighted by atomic mass is 32.2. The van der Waals surface area contributed by atoms with Crippen molar-refractivity contribution in [3.8, 4) is 11.5 Å². The monoisotopic (exact) mass is 826 g/mol. The van der Waals surface area contributed by atoms with Crippen LogP contribution in [-0.4, -0.2) is 85.9 Å². The molecule has 2 saturated heterocycles. The van der Waals surface area contributed by atoms with Gasteiger partial charge >= 0.3 is 5.97 Å². The largest absolute Gasteiger partial charge is 0.497 e. The molecular formula is C44H50N4O8S2. The first-order valence-electron chi connectivity index (χ1n) is 19.4. The SMILES string of the molecule is COc1ccc(CNS(=O)(=O)NC[C@@H]2C[C@H](SC3=C(C(=O)OC(c4ccccc4)c4ccccc4)N4C(=O)[C@H]([C@@H](C)O)[C@H]4[C@H]3C)CN2Cc2ccc(OC)cc2)cc1. The fourth-order valence-corrected chi connectivity index (χ4v) is 10.6. The number of nitrogens with one attached hydrogen (secondary N) is 2. The van der Waals surface area contributed by atoms with Crippen LogP contribution in [0.1, 0.15) is 48.6 Å². The van der Waals surface area contributed by atoms with Crippen molar-refractivity contribution in [2.24, 2.45) is 11.8 Å². The quantitative estimate of drug-likeness (QED) is 0.0934. The minimum atomic E-state index is -3.86. The van der Waals surface area contributed by atoms with Crippen LogP contribution in [-0.2, 0) is 37.6 Å². The lowest BCUT2D eigenvalue weighted by Crippen LogP contribution is -2.63. The zero-order valence-electron chi connectivity index (χ0n) is 33.0. The van der Waals surface area contributed by atoms with Gasteiger partial charge in [0.1, 0.15) is 17.2 Å². The molecule has 0 saturated carbocycles. The van der Waals surface area contributed by atoms with Gasteiger partial charge in [-0.2, -0.15) is 13.1 Å². The van der Waals surface area contributed by atoms with Gasteiger partial charge in [-0.25, -0.2) is 9.52 Å². The predicted molar refractivity (Wildman–Crippen MR) is 223 cm³/mol. The van der Waals surface area contributed by atoms with E-state index in [1.807, 2.05) is 104 Å². The Morgan fingerprint density at radius 3 is 1.98 bits per heavy atom. The summed E-state index contributed by atoms with van der Waals surface area (Å²) in [6.07, 6.45) is -0.995. The first-order chi connectivity index (χ1) is 28.0. The van der Waals surface area contributed by atoms with E-state index in [4.69, 9.17) is 14.2 Å². The molecule has 0 bridgehead atoms. The predicted octanol–water partition coefficient (Wildman–Crippen LogP) is 5.41. The number of esters is 1. The Kier molecular flexibility index (Phi) is 12.9. The number of aliphatic hydroxyl groups excluding tert-OH is 1. The molecule has 3 N–H and O–H groups in total. The van der Waals surface area contributed by atoms with E-state index in [1.165, 1.54) is 4.90 Å². The van der Waals surface area contributed by atoms with E-state index in [0.717, 1.165) is 32.9 Å². The van der Waals surface area contributed by atoms with Gasteiger partial charge in [-0.3, -0.25) is 9.69 Å². The van der Waals surface area contributed by atoms with Gasteiger partial charge in [0.05, 0.1) is 32.3 Å². The number of carbonyl (C=O) groups excluding carboxylic acids is 2. The number of ether oxygens (including phenoxy) is 3. The van der Waals surface area contributed by atoms with Crippen LogP contribution in [0.15, 0.2) is 120 Å². The van der Waals surface area contributed by atoms with Crippen LogP contribution >= 0.6 is 11.8 Å². The Morgan fingerprint density at radius 1 is 0.862 bits per heavy atom. The number of methoxy groups -OCH3 is 2. The second-order valence-corrected chi connectivity index (χ2v) is 17.9. The molecule has 58 heavy (non-hydrogen) atoms. The highest BCUT2D eigenvalue weighted by molar-refractivity contribution is 8.03.